The molecule has 2 aromatic rings. The van der Waals surface area contributed by atoms with Gasteiger partial charge in [-0.2, -0.15) is 0 Å². The zero-order valence-corrected chi connectivity index (χ0v) is 18.0. The maximum absolute atomic E-state index is 11.0. The van der Waals surface area contributed by atoms with E-state index in [1.807, 2.05) is 0 Å². The molecule has 0 aliphatic carbocycles. The minimum absolute atomic E-state index is 0.250. The van der Waals surface area contributed by atoms with Gasteiger partial charge in [-0.15, -0.1) is 0 Å². The summed E-state index contributed by atoms with van der Waals surface area (Å²) in [5, 5.41) is 8.52. The highest BCUT2D eigenvalue weighted by Gasteiger charge is 2.25. The van der Waals surface area contributed by atoms with Gasteiger partial charge in [0, 0.05) is 32.6 Å². The molecule has 1 fully saturated rings. The molecule has 0 aromatic heterocycles. The van der Waals surface area contributed by atoms with Crippen LogP contribution in [0.5, 0.6) is 0 Å². The van der Waals surface area contributed by atoms with E-state index in [1.165, 1.54) is 11.1 Å². The number of unbranched alkanes of at least 4 members (excludes halogenated alkanes) is 2. The van der Waals surface area contributed by atoms with Crippen molar-refractivity contribution in [2.45, 2.75) is 31.7 Å². The van der Waals surface area contributed by atoms with Crippen LogP contribution in [-0.4, -0.2) is 60.0 Å². The number of piperazine rings is 1. The maximum atomic E-state index is 11.0. The highest BCUT2D eigenvalue weighted by molar-refractivity contribution is 5.74. The van der Waals surface area contributed by atoms with Gasteiger partial charge in [0.15, 0.2) is 0 Å². The van der Waals surface area contributed by atoms with Crippen LogP contribution in [-0.2, 0) is 9.59 Å². The van der Waals surface area contributed by atoms with Crippen molar-refractivity contribution in [3.63, 3.8) is 0 Å². The zero-order chi connectivity index (χ0) is 22.3. The summed E-state index contributed by atoms with van der Waals surface area (Å²) < 4.78 is 0. The fraction of sp³-hybridized carbons (Fsp3) is 0.417. The lowest BCUT2D eigenvalue weighted by Gasteiger charge is -2.39. The van der Waals surface area contributed by atoms with Gasteiger partial charge in [0.25, 0.3) is 0 Å². The van der Waals surface area contributed by atoms with Crippen LogP contribution in [0.2, 0.25) is 0 Å². The van der Waals surface area contributed by atoms with Crippen LogP contribution in [0, 0.1) is 0 Å². The quantitative estimate of drug-likeness (QED) is 0.248. The van der Waals surface area contributed by atoms with Crippen LogP contribution in [0.4, 0.5) is 0 Å². The van der Waals surface area contributed by atoms with Crippen LogP contribution in [0.1, 0.15) is 42.9 Å². The van der Waals surface area contributed by atoms with Crippen molar-refractivity contribution in [3.05, 3.63) is 71.8 Å². The Morgan fingerprint density at radius 2 is 1.45 bits per heavy atom. The summed E-state index contributed by atoms with van der Waals surface area (Å²) in [6.07, 6.45) is 3.60. The number of nitrogens with zero attached hydrogens (tertiary/aromatic N) is 2. The summed E-state index contributed by atoms with van der Waals surface area (Å²) in [5.74, 6) is -0.290. The van der Waals surface area contributed by atoms with Crippen LogP contribution in [0.15, 0.2) is 60.7 Å². The molecule has 7 heteroatoms. The number of hydrogen-bond donors (Lipinski definition) is 3. The molecule has 2 aromatic carbocycles. The summed E-state index contributed by atoms with van der Waals surface area (Å²) in [5.41, 5.74) is 8.56. The van der Waals surface area contributed by atoms with E-state index in [0.717, 1.165) is 52.0 Å². The van der Waals surface area contributed by atoms with E-state index in [9.17, 15) is 4.79 Å². The third-order valence-electron chi connectivity index (χ3n) is 5.51. The Morgan fingerprint density at radius 3 is 1.94 bits per heavy atom. The Hall–Kier alpha value is -2.74. The number of rotatable bonds is 9. The van der Waals surface area contributed by atoms with Crippen molar-refractivity contribution in [1.29, 1.82) is 0 Å². The number of benzene rings is 2. The van der Waals surface area contributed by atoms with E-state index in [1.54, 1.807) is 5.48 Å². The van der Waals surface area contributed by atoms with Crippen molar-refractivity contribution in [1.82, 2.24) is 15.3 Å². The zero-order valence-electron chi connectivity index (χ0n) is 18.0. The van der Waals surface area contributed by atoms with Crippen LogP contribution < -0.4 is 11.2 Å². The molecule has 1 aliphatic rings. The fourth-order valence-corrected chi connectivity index (χ4v) is 3.98. The lowest BCUT2D eigenvalue weighted by molar-refractivity contribution is -0.129. The lowest BCUT2D eigenvalue weighted by atomic mass is 9.96. The van der Waals surface area contributed by atoms with Crippen LogP contribution >= 0.6 is 0 Å². The predicted octanol–water partition coefficient (Wildman–Crippen LogP) is 2.56. The molecule has 2 amide bonds. The molecule has 0 saturated carbocycles. The lowest BCUT2D eigenvalue weighted by Crippen LogP contribution is -2.48. The molecule has 0 bridgehead atoms. The van der Waals surface area contributed by atoms with Crippen molar-refractivity contribution in [2.24, 2.45) is 5.73 Å². The summed E-state index contributed by atoms with van der Waals surface area (Å²) in [7, 11) is 0. The predicted molar refractivity (Wildman–Crippen MR) is 121 cm³/mol. The molecule has 0 unspecified atom stereocenters. The highest BCUT2D eigenvalue weighted by Crippen LogP contribution is 2.29. The average molecular weight is 427 g/mol. The van der Waals surface area contributed by atoms with E-state index in [0.29, 0.717) is 12.5 Å². The minimum atomic E-state index is -0.290. The Balaban J connectivity index is 0.00000107. The first-order valence-corrected chi connectivity index (χ1v) is 10.8. The van der Waals surface area contributed by atoms with Gasteiger partial charge in [0.2, 0.25) is 12.3 Å². The van der Waals surface area contributed by atoms with Crippen LogP contribution in [0.25, 0.3) is 0 Å². The highest BCUT2D eigenvalue weighted by atomic mass is 16.5. The van der Waals surface area contributed by atoms with Gasteiger partial charge in [0.05, 0.1) is 6.04 Å². The average Bonchev–Trinajstić information content (AvgIpc) is 2.82. The maximum Gasteiger partial charge on any atom is 0.243 e. The summed E-state index contributed by atoms with van der Waals surface area (Å²) in [6.45, 7) is 5.35. The number of primary amides is 1. The van der Waals surface area contributed by atoms with Crippen molar-refractivity contribution < 1.29 is 14.8 Å². The number of carbonyl (C=O) groups is 2. The Bertz CT molecular complexity index is 710. The molecule has 7 nitrogen and oxygen atoms in total. The van der Waals surface area contributed by atoms with E-state index in [2.05, 4.69) is 76.2 Å². The van der Waals surface area contributed by atoms with Gasteiger partial charge in [-0.25, -0.2) is 5.48 Å². The van der Waals surface area contributed by atoms with Crippen molar-refractivity contribution >= 4 is 12.3 Å². The molecule has 1 aliphatic heterocycles. The van der Waals surface area contributed by atoms with Gasteiger partial charge < -0.3 is 10.6 Å². The van der Waals surface area contributed by atoms with Gasteiger partial charge in [-0.05, 0) is 30.5 Å². The van der Waals surface area contributed by atoms with Gasteiger partial charge in [0.1, 0.15) is 0 Å². The molecule has 1 heterocycles. The van der Waals surface area contributed by atoms with Gasteiger partial charge in [-0.3, -0.25) is 19.7 Å². The summed E-state index contributed by atoms with van der Waals surface area (Å²) in [4.78, 5) is 24.7. The van der Waals surface area contributed by atoms with Crippen LogP contribution in [0.3, 0.4) is 0 Å². The number of nitrogens with one attached hydrogen (secondary N) is 1. The van der Waals surface area contributed by atoms with Gasteiger partial charge in [-0.1, -0.05) is 67.1 Å². The van der Waals surface area contributed by atoms with E-state index >= 15 is 0 Å². The van der Waals surface area contributed by atoms with E-state index < -0.39 is 0 Å². The molecule has 0 radical (unpaired) electrons. The Morgan fingerprint density at radius 1 is 0.935 bits per heavy atom. The van der Waals surface area contributed by atoms with Crippen molar-refractivity contribution in [3.8, 4) is 0 Å². The Labute approximate surface area is 184 Å². The van der Waals surface area contributed by atoms with E-state index in [-0.39, 0.29) is 12.3 Å². The molecule has 31 heavy (non-hydrogen) atoms. The first-order chi connectivity index (χ1) is 15.2. The monoisotopic (exact) mass is 426 g/mol. The first kappa shape index (κ1) is 24.5. The second-order valence-electron chi connectivity index (χ2n) is 7.58. The number of hydroxylamine groups is 1. The number of nitrogens with two attached hydrogens (primary N) is 1. The van der Waals surface area contributed by atoms with Gasteiger partial charge >= 0.3 is 0 Å². The molecule has 0 spiro atoms. The number of hydrogen-bond acceptors (Lipinski definition) is 5. The second-order valence-corrected chi connectivity index (χ2v) is 7.58. The third kappa shape index (κ3) is 8.49. The standard InChI is InChI=1S/C23H31N3O2.CH3NO/c27-22(24-28)14-8-3-9-15-25-16-18-26(19-17-25)23(20-10-4-1-5-11-20)21-12-6-2-7-13-21;2-1-3/h1-2,4-7,10-13,23,28H,3,8-9,14-19H2,(H,24,27);1H,(H2,2,3). The second kappa shape index (κ2) is 14.3. The topological polar surface area (TPSA) is 98.9 Å². The molecule has 0 atom stereocenters. The molecule has 3 rings (SSSR count). The minimum Gasteiger partial charge on any atom is -0.372 e. The molecular formula is C24H34N4O3. The third-order valence-corrected chi connectivity index (χ3v) is 5.51. The summed E-state index contributed by atoms with van der Waals surface area (Å²) >= 11 is 0. The van der Waals surface area contributed by atoms with E-state index in [4.69, 9.17) is 10.0 Å². The molecule has 168 valence electrons. The largest absolute Gasteiger partial charge is 0.372 e. The molecule has 4 N–H and O–H groups in total. The normalized spacial score (nSPS) is 14.5. The molecule has 1 saturated heterocycles. The Kier molecular flexibility index (Phi) is 11.3. The number of carbonyl (C=O) groups excluding carboxylic acids is 2. The molecular weight excluding hydrogens is 392 g/mol. The first-order valence-electron chi connectivity index (χ1n) is 10.8. The number of amides is 2. The smallest absolute Gasteiger partial charge is 0.243 e. The van der Waals surface area contributed by atoms with Crippen molar-refractivity contribution in [2.75, 3.05) is 32.7 Å². The SMILES string of the molecule is NC=O.O=C(CCCCCN1CCN(C(c2ccccc2)c2ccccc2)CC1)NO. The summed E-state index contributed by atoms with van der Waals surface area (Å²) in [6, 6.07) is 21.9. The fourth-order valence-electron chi connectivity index (χ4n) is 3.98.